The highest BCUT2D eigenvalue weighted by molar-refractivity contribution is 5.81. The average molecular weight is 229 g/mol. The zero-order chi connectivity index (χ0) is 11.9. The number of ether oxygens (including phenoxy) is 1. The number of aromatic nitrogens is 1. The van der Waals surface area contributed by atoms with E-state index < -0.39 is 0 Å². The molecule has 0 amide bonds. The maximum Gasteiger partial charge on any atom is 0.293 e. The largest absolute Gasteiger partial charge is 0.468 e. The van der Waals surface area contributed by atoms with E-state index in [0.717, 1.165) is 25.0 Å². The molecule has 1 aromatic carbocycles. The van der Waals surface area contributed by atoms with Gasteiger partial charge in [-0.2, -0.15) is 0 Å². The second-order valence-corrected chi connectivity index (χ2v) is 3.95. The number of unbranched alkanes of at least 4 members (excludes halogenated alkanes) is 1. The Labute approximate surface area is 100 Å². The number of pyridine rings is 1. The van der Waals surface area contributed by atoms with Crippen molar-refractivity contribution in [3.05, 3.63) is 42.2 Å². The Hall–Kier alpha value is -1.90. The van der Waals surface area contributed by atoms with Gasteiger partial charge in [-0.1, -0.05) is 24.3 Å². The van der Waals surface area contributed by atoms with E-state index in [2.05, 4.69) is 27.9 Å². The third-order valence-electron chi connectivity index (χ3n) is 2.70. The first-order valence-electron chi connectivity index (χ1n) is 5.79. The van der Waals surface area contributed by atoms with Crippen molar-refractivity contribution in [2.75, 3.05) is 6.61 Å². The van der Waals surface area contributed by atoms with Crippen molar-refractivity contribution < 1.29 is 9.53 Å². The van der Waals surface area contributed by atoms with Gasteiger partial charge in [0.25, 0.3) is 6.47 Å². The summed E-state index contributed by atoms with van der Waals surface area (Å²) < 4.78 is 4.64. The SMILES string of the molecule is O=COCCCCc1cc2ccccc2cn1. The quantitative estimate of drug-likeness (QED) is 0.564. The van der Waals surface area contributed by atoms with Crippen molar-refractivity contribution in [3.8, 4) is 0 Å². The molecule has 1 aromatic heterocycles. The van der Waals surface area contributed by atoms with E-state index in [9.17, 15) is 4.79 Å². The monoisotopic (exact) mass is 229 g/mol. The van der Waals surface area contributed by atoms with Gasteiger partial charge >= 0.3 is 0 Å². The van der Waals surface area contributed by atoms with Gasteiger partial charge in [-0.05, 0) is 30.7 Å². The summed E-state index contributed by atoms with van der Waals surface area (Å²) in [7, 11) is 0. The van der Waals surface area contributed by atoms with Crippen LogP contribution in [0.3, 0.4) is 0 Å². The van der Waals surface area contributed by atoms with Gasteiger partial charge in [0.2, 0.25) is 0 Å². The van der Waals surface area contributed by atoms with Crippen molar-refractivity contribution in [2.45, 2.75) is 19.3 Å². The molecule has 0 spiro atoms. The zero-order valence-electron chi connectivity index (χ0n) is 9.63. The lowest BCUT2D eigenvalue weighted by Crippen LogP contribution is -1.95. The molecular formula is C14H15NO2. The number of hydrogen-bond acceptors (Lipinski definition) is 3. The molecule has 0 aliphatic carbocycles. The highest BCUT2D eigenvalue weighted by Gasteiger charge is 1.98. The Bertz CT molecular complexity index is 496. The highest BCUT2D eigenvalue weighted by Crippen LogP contribution is 2.14. The topological polar surface area (TPSA) is 39.2 Å². The predicted molar refractivity (Wildman–Crippen MR) is 66.7 cm³/mol. The van der Waals surface area contributed by atoms with Crippen molar-refractivity contribution in [1.82, 2.24) is 4.98 Å². The molecule has 0 saturated carbocycles. The van der Waals surface area contributed by atoms with Crippen LogP contribution in [0.4, 0.5) is 0 Å². The molecule has 0 aliphatic rings. The molecule has 0 atom stereocenters. The van der Waals surface area contributed by atoms with Crippen molar-refractivity contribution in [1.29, 1.82) is 0 Å². The average Bonchev–Trinajstić information content (AvgIpc) is 2.38. The van der Waals surface area contributed by atoms with Crippen LogP contribution in [-0.4, -0.2) is 18.1 Å². The fourth-order valence-electron chi connectivity index (χ4n) is 1.81. The molecule has 0 unspecified atom stereocenters. The predicted octanol–water partition coefficient (Wildman–Crippen LogP) is 2.73. The number of rotatable bonds is 6. The first kappa shape index (κ1) is 11.6. The van der Waals surface area contributed by atoms with Crippen molar-refractivity contribution in [3.63, 3.8) is 0 Å². The number of fused-ring (bicyclic) bond motifs is 1. The molecule has 3 nitrogen and oxygen atoms in total. The fourth-order valence-corrected chi connectivity index (χ4v) is 1.81. The minimum atomic E-state index is 0.494. The standard InChI is InChI=1S/C14H15NO2/c16-11-17-8-4-3-7-14-9-12-5-1-2-6-13(12)10-15-14/h1-2,5-6,9-11H,3-4,7-8H2. The first-order chi connectivity index (χ1) is 8.40. The van der Waals surface area contributed by atoms with Gasteiger partial charge in [-0.15, -0.1) is 0 Å². The Morgan fingerprint density at radius 3 is 2.82 bits per heavy atom. The molecule has 3 heteroatoms. The lowest BCUT2D eigenvalue weighted by atomic mass is 10.1. The summed E-state index contributed by atoms with van der Waals surface area (Å²) in [5.41, 5.74) is 1.09. The van der Waals surface area contributed by atoms with E-state index in [1.165, 1.54) is 10.8 Å². The maximum absolute atomic E-state index is 9.95. The van der Waals surface area contributed by atoms with E-state index in [1.807, 2.05) is 18.3 Å². The lowest BCUT2D eigenvalue weighted by molar-refractivity contribution is -0.128. The molecule has 17 heavy (non-hydrogen) atoms. The summed E-state index contributed by atoms with van der Waals surface area (Å²) in [5.74, 6) is 0. The summed E-state index contributed by atoms with van der Waals surface area (Å²) in [6.45, 7) is 0.991. The van der Waals surface area contributed by atoms with E-state index in [4.69, 9.17) is 0 Å². The molecule has 2 aromatic rings. The van der Waals surface area contributed by atoms with Gasteiger partial charge in [0.05, 0.1) is 6.61 Å². The van der Waals surface area contributed by atoms with Crippen LogP contribution >= 0.6 is 0 Å². The smallest absolute Gasteiger partial charge is 0.293 e. The number of carbonyl (C=O) groups excluding carboxylic acids is 1. The summed E-state index contributed by atoms with van der Waals surface area (Å²) in [4.78, 5) is 14.4. The number of aryl methyl sites for hydroxylation is 1. The van der Waals surface area contributed by atoms with Crippen molar-refractivity contribution >= 4 is 17.2 Å². The second-order valence-electron chi connectivity index (χ2n) is 3.95. The third-order valence-corrected chi connectivity index (χ3v) is 2.70. The van der Waals surface area contributed by atoms with Gasteiger partial charge < -0.3 is 4.74 Å². The minimum absolute atomic E-state index is 0.494. The molecule has 1 heterocycles. The van der Waals surface area contributed by atoms with Crippen LogP contribution in [0.15, 0.2) is 36.5 Å². The second kappa shape index (κ2) is 5.99. The van der Waals surface area contributed by atoms with Crippen LogP contribution in [0.25, 0.3) is 10.8 Å². The van der Waals surface area contributed by atoms with E-state index in [0.29, 0.717) is 13.1 Å². The highest BCUT2D eigenvalue weighted by atomic mass is 16.5. The van der Waals surface area contributed by atoms with Gasteiger partial charge in [0, 0.05) is 17.3 Å². The van der Waals surface area contributed by atoms with Gasteiger partial charge in [0.15, 0.2) is 0 Å². The molecular weight excluding hydrogens is 214 g/mol. The summed E-state index contributed by atoms with van der Waals surface area (Å²) in [6, 6.07) is 10.3. The molecule has 88 valence electrons. The number of nitrogens with zero attached hydrogens (tertiary/aromatic N) is 1. The van der Waals surface area contributed by atoms with E-state index in [-0.39, 0.29) is 0 Å². The summed E-state index contributed by atoms with van der Waals surface area (Å²) in [6.07, 6.45) is 4.70. The van der Waals surface area contributed by atoms with Crippen molar-refractivity contribution in [2.24, 2.45) is 0 Å². The molecule has 0 N–H and O–H groups in total. The maximum atomic E-state index is 9.95. The van der Waals surface area contributed by atoms with Crippen LogP contribution in [0.5, 0.6) is 0 Å². The van der Waals surface area contributed by atoms with Crippen LogP contribution in [0, 0.1) is 0 Å². The molecule has 0 saturated heterocycles. The lowest BCUT2D eigenvalue weighted by Gasteiger charge is -2.02. The molecule has 0 fully saturated rings. The number of carbonyl (C=O) groups is 1. The Balaban J connectivity index is 1.92. The molecule has 0 aliphatic heterocycles. The van der Waals surface area contributed by atoms with Crippen LogP contribution in [-0.2, 0) is 16.0 Å². The Kier molecular flexibility index (Phi) is 4.08. The van der Waals surface area contributed by atoms with Gasteiger partial charge in [-0.25, -0.2) is 0 Å². The Morgan fingerprint density at radius 2 is 2.00 bits per heavy atom. The molecule has 0 bridgehead atoms. The third kappa shape index (κ3) is 3.28. The molecule has 0 radical (unpaired) electrons. The number of hydrogen-bond donors (Lipinski definition) is 0. The zero-order valence-corrected chi connectivity index (χ0v) is 9.63. The van der Waals surface area contributed by atoms with E-state index in [1.54, 1.807) is 0 Å². The van der Waals surface area contributed by atoms with Crippen LogP contribution in [0.2, 0.25) is 0 Å². The molecule has 2 rings (SSSR count). The normalized spacial score (nSPS) is 10.4. The van der Waals surface area contributed by atoms with Crippen LogP contribution in [0.1, 0.15) is 18.5 Å². The van der Waals surface area contributed by atoms with Gasteiger partial charge in [-0.3, -0.25) is 9.78 Å². The van der Waals surface area contributed by atoms with Gasteiger partial charge in [0.1, 0.15) is 0 Å². The summed E-state index contributed by atoms with van der Waals surface area (Å²) >= 11 is 0. The number of benzene rings is 1. The first-order valence-corrected chi connectivity index (χ1v) is 5.79. The summed E-state index contributed by atoms with van der Waals surface area (Å²) in [5, 5.41) is 2.39. The van der Waals surface area contributed by atoms with Crippen LogP contribution < -0.4 is 0 Å². The fraction of sp³-hybridized carbons (Fsp3) is 0.286. The Morgan fingerprint density at radius 1 is 1.18 bits per heavy atom. The minimum Gasteiger partial charge on any atom is -0.468 e. The van der Waals surface area contributed by atoms with E-state index >= 15 is 0 Å².